The standard InChI is InChI=1S/C10H16O3/c1-6-5-7(6)10(2)4-3-8(13-10)9(11)12/h6-8H,3-5H2,1-2H3,(H,11,12). The molecule has 1 saturated carbocycles. The van der Waals surface area contributed by atoms with Gasteiger partial charge in [-0.15, -0.1) is 0 Å². The first-order valence-corrected chi connectivity index (χ1v) is 4.93. The summed E-state index contributed by atoms with van der Waals surface area (Å²) in [5, 5.41) is 8.79. The van der Waals surface area contributed by atoms with E-state index in [4.69, 9.17) is 9.84 Å². The van der Waals surface area contributed by atoms with E-state index < -0.39 is 12.1 Å². The Kier molecular flexibility index (Phi) is 1.88. The lowest BCUT2D eigenvalue weighted by atomic mass is 9.95. The van der Waals surface area contributed by atoms with E-state index in [0.29, 0.717) is 12.3 Å². The van der Waals surface area contributed by atoms with Gasteiger partial charge in [-0.2, -0.15) is 0 Å². The largest absolute Gasteiger partial charge is 0.479 e. The Hall–Kier alpha value is -0.570. The van der Waals surface area contributed by atoms with E-state index in [-0.39, 0.29) is 5.60 Å². The molecule has 0 spiro atoms. The normalized spacial score (nSPS) is 49.2. The van der Waals surface area contributed by atoms with Crippen molar-refractivity contribution in [2.75, 3.05) is 0 Å². The van der Waals surface area contributed by atoms with Gasteiger partial charge < -0.3 is 9.84 Å². The second-order valence-electron chi connectivity index (χ2n) is 4.62. The fourth-order valence-electron chi connectivity index (χ4n) is 2.48. The summed E-state index contributed by atoms with van der Waals surface area (Å²) in [6.07, 6.45) is 2.22. The van der Waals surface area contributed by atoms with Gasteiger partial charge >= 0.3 is 5.97 Å². The highest BCUT2D eigenvalue weighted by Crippen LogP contribution is 2.52. The average Bonchev–Trinajstić information content (AvgIpc) is 2.62. The summed E-state index contributed by atoms with van der Waals surface area (Å²) >= 11 is 0. The molecule has 1 heterocycles. The van der Waals surface area contributed by atoms with Crippen molar-refractivity contribution in [1.82, 2.24) is 0 Å². The molecule has 0 radical (unpaired) electrons. The van der Waals surface area contributed by atoms with Crippen LogP contribution in [0.2, 0.25) is 0 Å². The number of carbonyl (C=O) groups is 1. The Morgan fingerprint density at radius 3 is 2.62 bits per heavy atom. The smallest absolute Gasteiger partial charge is 0.332 e. The van der Waals surface area contributed by atoms with Crippen molar-refractivity contribution in [3.8, 4) is 0 Å². The van der Waals surface area contributed by atoms with Crippen LogP contribution in [-0.2, 0) is 9.53 Å². The third-order valence-electron chi connectivity index (χ3n) is 3.48. The van der Waals surface area contributed by atoms with Gasteiger partial charge in [-0.05, 0) is 38.0 Å². The maximum absolute atomic E-state index is 10.7. The van der Waals surface area contributed by atoms with Gasteiger partial charge in [0.15, 0.2) is 6.10 Å². The topological polar surface area (TPSA) is 46.5 Å². The molecule has 13 heavy (non-hydrogen) atoms. The molecule has 1 N–H and O–H groups in total. The van der Waals surface area contributed by atoms with Crippen LogP contribution in [0.4, 0.5) is 0 Å². The molecular weight excluding hydrogens is 168 g/mol. The fraction of sp³-hybridized carbons (Fsp3) is 0.900. The third kappa shape index (κ3) is 1.46. The lowest BCUT2D eigenvalue weighted by molar-refractivity contribution is -0.154. The van der Waals surface area contributed by atoms with Gasteiger partial charge in [-0.1, -0.05) is 6.92 Å². The molecular formula is C10H16O3. The number of carboxylic acid groups (broad SMARTS) is 1. The van der Waals surface area contributed by atoms with Crippen molar-refractivity contribution >= 4 is 5.97 Å². The third-order valence-corrected chi connectivity index (χ3v) is 3.48. The zero-order chi connectivity index (χ0) is 9.64. The zero-order valence-electron chi connectivity index (χ0n) is 8.12. The van der Waals surface area contributed by atoms with Crippen LogP contribution in [0.1, 0.15) is 33.1 Å². The molecule has 3 heteroatoms. The highest BCUT2D eigenvalue weighted by molar-refractivity contribution is 5.72. The summed E-state index contributed by atoms with van der Waals surface area (Å²) < 4.78 is 5.61. The lowest BCUT2D eigenvalue weighted by Crippen LogP contribution is -2.30. The molecule has 2 rings (SSSR count). The van der Waals surface area contributed by atoms with Crippen LogP contribution in [0.5, 0.6) is 0 Å². The van der Waals surface area contributed by atoms with Gasteiger partial charge in [0.05, 0.1) is 5.60 Å². The molecule has 0 aromatic carbocycles. The van der Waals surface area contributed by atoms with E-state index in [1.165, 1.54) is 6.42 Å². The molecule has 4 unspecified atom stereocenters. The summed E-state index contributed by atoms with van der Waals surface area (Å²) in [6.45, 7) is 4.26. The van der Waals surface area contributed by atoms with Gasteiger partial charge in [0, 0.05) is 0 Å². The van der Waals surface area contributed by atoms with Crippen LogP contribution in [0.15, 0.2) is 0 Å². The quantitative estimate of drug-likeness (QED) is 0.710. The highest BCUT2D eigenvalue weighted by Gasteiger charge is 2.53. The van der Waals surface area contributed by atoms with Crippen molar-refractivity contribution in [3.05, 3.63) is 0 Å². The molecule has 1 aliphatic heterocycles. The predicted octanol–water partition coefficient (Wildman–Crippen LogP) is 1.66. The number of aliphatic carboxylic acids is 1. The summed E-state index contributed by atoms with van der Waals surface area (Å²) in [5.41, 5.74) is -0.150. The Labute approximate surface area is 78.1 Å². The first kappa shape index (κ1) is 9.00. The van der Waals surface area contributed by atoms with Crippen molar-refractivity contribution < 1.29 is 14.6 Å². The maximum atomic E-state index is 10.7. The van der Waals surface area contributed by atoms with Gasteiger partial charge in [0.25, 0.3) is 0 Å². The molecule has 3 nitrogen and oxygen atoms in total. The molecule has 4 atom stereocenters. The highest BCUT2D eigenvalue weighted by atomic mass is 16.5. The number of rotatable bonds is 2. The van der Waals surface area contributed by atoms with Gasteiger partial charge in [0.2, 0.25) is 0 Å². The van der Waals surface area contributed by atoms with E-state index >= 15 is 0 Å². The van der Waals surface area contributed by atoms with Crippen molar-refractivity contribution in [3.63, 3.8) is 0 Å². The number of hydrogen-bond acceptors (Lipinski definition) is 2. The van der Waals surface area contributed by atoms with E-state index in [1.54, 1.807) is 0 Å². The summed E-state index contributed by atoms with van der Waals surface area (Å²) in [6, 6.07) is 0. The second-order valence-corrected chi connectivity index (χ2v) is 4.62. The minimum absolute atomic E-state index is 0.150. The second kappa shape index (κ2) is 2.71. The minimum atomic E-state index is -0.808. The molecule has 0 bridgehead atoms. The predicted molar refractivity (Wildman–Crippen MR) is 47.4 cm³/mol. The molecule has 74 valence electrons. The molecule has 2 fully saturated rings. The molecule has 2 aliphatic rings. The number of ether oxygens (including phenoxy) is 1. The van der Waals surface area contributed by atoms with Crippen LogP contribution in [-0.4, -0.2) is 22.8 Å². The Morgan fingerprint density at radius 1 is 1.62 bits per heavy atom. The van der Waals surface area contributed by atoms with Crippen LogP contribution in [0.3, 0.4) is 0 Å². The first-order chi connectivity index (χ1) is 6.03. The SMILES string of the molecule is CC1CC1C1(C)CCC(C(=O)O)O1. The Balaban J connectivity index is 2.00. The summed E-state index contributed by atoms with van der Waals surface area (Å²) in [7, 11) is 0. The maximum Gasteiger partial charge on any atom is 0.332 e. The van der Waals surface area contributed by atoms with E-state index in [2.05, 4.69) is 13.8 Å². The van der Waals surface area contributed by atoms with Gasteiger partial charge in [0.1, 0.15) is 0 Å². The van der Waals surface area contributed by atoms with Crippen LogP contribution in [0.25, 0.3) is 0 Å². The minimum Gasteiger partial charge on any atom is -0.479 e. The summed E-state index contributed by atoms with van der Waals surface area (Å²) in [5.74, 6) is 0.506. The van der Waals surface area contributed by atoms with Crippen molar-refractivity contribution in [2.45, 2.75) is 44.8 Å². The van der Waals surface area contributed by atoms with E-state index in [9.17, 15) is 4.79 Å². The average molecular weight is 184 g/mol. The zero-order valence-corrected chi connectivity index (χ0v) is 8.12. The number of hydrogen-bond donors (Lipinski definition) is 1. The summed E-state index contributed by atoms with van der Waals surface area (Å²) in [4.78, 5) is 10.7. The molecule has 0 aromatic heterocycles. The van der Waals surface area contributed by atoms with Crippen LogP contribution >= 0.6 is 0 Å². The Morgan fingerprint density at radius 2 is 2.23 bits per heavy atom. The van der Waals surface area contributed by atoms with Crippen molar-refractivity contribution in [1.29, 1.82) is 0 Å². The van der Waals surface area contributed by atoms with Crippen molar-refractivity contribution in [2.24, 2.45) is 11.8 Å². The van der Waals surface area contributed by atoms with E-state index in [0.717, 1.165) is 12.3 Å². The molecule has 1 aliphatic carbocycles. The number of carboxylic acids is 1. The van der Waals surface area contributed by atoms with Gasteiger partial charge in [-0.3, -0.25) is 0 Å². The Bertz CT molecular complexity index is 238. The monoisotopic (exact) mass is 184 g/mol. The fourth-order valence-corrected chi connectivity index (χ4v) is 2.48. The van der Waals surface area contributed by atoms with Crippen LogP contribution in [0, 0.1) is 11.8 Å². The van der Waals surface area contributed by atoms with Crippen LogP contribution < -0.4 is 0 Å². The van der Waals surface area contributed by atoms with Gasteiger partial charge in [-0.25, -0.2) is 4.79 Å². The molecule has 1 saturated heterocycles. The first-order valence-electron chi connectivity index (χ1n) is 4.93. The molecule has 0 aromatic rings. The molecule has 0 amide bonds. The van der Waals surface area contributed by atoms with E-state index in [1.807, 2.05) is 0 Å². The lowest BCUT2D eigenvalue weighted by Gasteiger charge is -2.24.